The van der Waals surface area contributed by atoms with Crippen LogP contribution in [-0.4, -0.2) is 16.8 Å². The summed E-state index contributed by atoms with van der Waals surface area (Å²) in [5.41, 5.74) is 3.13. The van der Waals surface area contributed by atoms with Gasteiger partial charge in [0.05, 0.1) is 18.0 Å². The van der Waals surface area contributed by atoms with Crippen molar-refractivity contribution in [2.45, 2.75) is 117 Å². The number of hydrogen-bond donors (Lipinski definition) is 0. The Bertz CT molecular complexity index is 681. The largest absolute Gasteiger partial charge is 0.494 e. The fourth-order valence-corrected chi connectivity index (χ4v) is 4.06. The molecule has 2 aromatic rings. The molecule has 2 rings (SSSR count). The maximum absolute atomic E-state index is 5.92. The van der Waals surface area contributed by atoms with Crippen LogP contribution < -0.4 is 4.74 Å². The summed E-state index contributed by atoms with van der Waals surface area (Å²) >= 11 is 0. The van der Waals surface area contributed by atoms with Gasteiger partial charge in [0.1, 0.15) is 5.75 Å². The first-order valence-corrected chi connectivity index (χ1v) is 13.4. The number of rotatable bonds is 19. The van der Waals surface area contributed by atoms with Crippen molar-refractivity contribution in [1.29, 1.82) is 0 Å². The van der Waals surface area contributed by atoms with Crippen LogP contribution in [0.4, 0.5) is 0 Å². The van der Waals surface area contributed by atoms with Crippen LogP contribution in [0.1, 0.15) is 116 Å². The number of hydrogen-bond acceptors (Lipinski definition) is 3. The van der Waals surface area contributed by atoms with Gasteiger partial charge in [0.25, 0.3) is 0 Å². The highest BCUT2D eigenvalue weighted by Gasteiger charge is 2.03. The second-order valence-electron chi connectivity index (χ2n) is 9.13. The molecule has 0 bridgehead atoms. The summed E-state index contributed by atoms with van der Waals surface area (Å²) in [7, 11) is 0. The summed E-state index contributed by atoms with van der Waals surface area (Å²) in [6, 6.07) is 12.5. The molecule has 0 fully saturated rings. The lowest BCUT2D eigenvalue weighted by molar-refractivity contribution is 0.304. The Morgan fingerprint density at radius 2 is 1.12 bits per heavy atom. The summed E-state index contributed by atoms with van der Waals surface area (Å²) < 4.78 is 5.92. The second-order valence-corrected chi connectivity index (χ2v) is 9.13. The zero-order valence-electron chi connectivity index (χ0n) is 20.8. The van der Waals surface area contributed by atoms with E-state index in [0.29, 0.717) is 0 Å². The van der Waals surface area contributed by atoms with E-state index < -0.39 is 0 Å². The third kappa shape index (κ3) is 11.6. The Morgan fingerprint density at radius 3 is 1.69 bits per heavy atom. The minimum absolute atomic E-state index is 0.808. The first-order chi connectivity index (χ1) is 15.8. The summed E-state index contributed by atoms with van der Waals surface area (Å²) in [6.45, 7) is 5.34. The molecule has 1 aromatic carbocycles. The summed E-state index contributed by atoms with van der Waals surface area (Å²) in [6.07, 6.45) is 21.0. The Labute approximate surface area is 197 Å². The minimum atomic E-state index is 0.808. The van der Waals surface area contributed by atoms with Crippen LogP contribution >= 0.6 is 0 Å². The van der Waals surface area contributed by atoms with Gasteiger partial charge < -0.3 is 4.74 Å². The number of benzene rings is 1. The van der Waals surface area contributed by atoms with Crippen LogP contribution in [0.5, 0.6) is 5.75 Å². The smallest absolute Gasteiger partial charge is 0.119 e. The Morgan fingerprint density at radius 1 is 0.562 bits per heavy atom. The number of ether oxygens (including phenoxy) is 1. The van der Waals surface area contributed by atoms with Crippen molar-refractivity contribution in [1.82, 2.24) is 10.2 Å². The van der Waals surface area contributed by atoms with E-state index in [9.17, 15) is 0 Å². The van der Waals surface area contributed by atoms with Crippen LogP contribution in [-0.2, 0) is 6.42 Å². The fraction of sp³-hybridized carbons (Fsp3) is 0.655. The fourth-order valence-electron chi connectivity index (χ4n) is 4.06. The lowest BCUT2D eigenvalue weighted by Crippen LogP contribution is -1.98. The summed E-state index contributed by atoms with van der Waals surface area (Å²) in [5, 5.41) is 8.88. The van der Waals surface area contributed by atoms with Gasteiger partial charge in [-0.3, -0.25) is 0 Å². The molecule has 0 spiro atoms. The predicted octanol–water partition coefficient (Wildman–Crippen LogP) is 8.96. The standard InChI is InChI=1S/C29H46N2O/c1-3-5-7-9-11-12-13-15-17-25-32-28-22-19-26(20-23-28)29-24-21-27(30-31-29)18-16-14-10-8-6-4-2/h19-24H,3-18,25H2,1-2H3. The molecular weight excluding hydrogens is 392 g/mol. The molecule has 0 aliphatic heterocycles. The zero-order valence-corrected chi connectivity index (χ0v) is 20.8. The molecule has 3 nitrogen and oxygen atoms in total. The first kappa shape index (κ1) is 26.4. The van der Waals surface area contributed by atoms with Gasteiger partial charge in [-0.05, 0) is 55.7 Å². The van der Waals surface area contributed by atoms with Crippen molar-refractivity contribution in [2.75, 3.05) is 6.61 Å². The van der Waals surface area contributed by atoms with Gasteiger partial charge in [0, 0.05) is 5.56 Å². The van der Waals surface area contributed by atoms with Crippen molar-refractivity contribution in [3.8, 4) is 17.0 Å². The lowest BCUT2D eigenvalue weighted by atomic mass is 10.1. The van der Waals surface area contributed by atoms with Crippen LogP contribution in [0.2, 0.25) is 0 Å². The Kier molecular flexibility index (Phi) is 14.5. The average molecular weight is 439 g/mol. The number of aromatic nitrogens is 2. The SMILES string of the molecule is CCCCCCCCCCCOc1ccc(-c2ccc(CCCCCCCC)nn2)cc1. The Balaban J connectivity index is 1.59. The van der Waals surface area contributed by atoms with Gasteiger partial charge in [-0.25, -0.2) is 0 Å². The summed E-state index contributed by atoms with van der Waals surface area (Å²) in [4.78, 5) is 0. The van der Waals surface area contributed by atoms with Crippen LogP contribution in [0.25, 0.3) is 11.3 Å². The molecule has 0 aliphatic carbocycles. The van der Waals surface area contributed by atoms with E-state index >= 15 is 0 Å². The van der Waals surface area contributed by atoms with Gasteiger partial charge in [0.15, 0.2) is 0 Å². The van der Waals surface area contributed by atoms with Gasteiger partial charge in [-0.1, -0.05) is 97.3 Å². The maximum Gasteiger partial charge on any atom is 0.119 e. The highest BCUT2D eigenvalue weighted by atomic mass is 16.5. The highest BCUT2D eigenvalue weighted by molar-refractivity contribution is 5.59. The molecule has 0 saturated carbocycles. The topological polar surface area (TPSA) is 35.0 Å². The maximum atomic E-state index is 5.92. The van der Waals surface area contributed by atoms with E-state index in [1.807, 2.05) is 0 Å². The van der Waals surface area contributed by atoms with Crippen LogP contribution in [0.15, 0.2) is 36.4 Å². The average Bonchev–Trinajstić information content (AvgIpc) is 2.83. The molecule has 0 amide bonds. The van der Waals surface area contributed by atoms with E-state index in [4.69, 9.17) is 4.74 Å². The number of aryl methyl sites for hydroxylation is 1. The van der Waals surface area contributed by atoms with Gasteiger partial charge >= 0.3 is 0 Å². The molecule has 178 valence electrons. The van der Waals surface area contributed by atoms with E-state index in [1.165, 1.54) is 89.9 Å². The van der Waals surface area contributed by atoms with E-state index in [2.05, 4.69) is 60.4 Å². The number of unbranched alkanes of at least 4 members (excludes halogenated alkanes) is 13. The molecular formula is C29H46N2O. The monoisotopic (exact) mass is 438 g/mol. The molecule has 1 heterocycles. The van der Waals surface area contributed by atoms with Crippen molar-refractivity contribution in [3.05, 3.63) is 42.1 Å². The molecule has 0 radical (unpaired) electrons. The normalized spacial score (nSPS) is 11.1. The predicted molar refractivity (Wildman–Crippen MR) is 137 cm³/mol. The second kappa shape index (κ2) is 17.6. The van der Waals surface area contributed by atoms with Gasteiger partial charge in [0.2, 0.25) is 0 Å². The van der Waals surface area contributed by atoms with E-state index in [-0.39, 0.29) is 0 Å². The first-order valence-electron chi connectivity index (χ1n) is 13.4. The van der Waals surface area contributed by atoms with Gasteiger partial charge in [-0.15, -0.1) is 0 Å². The molecule has 0 aliphatic rings. The van der Waals surface area contributed by atoms with Gasteiger partial charge in [-0.2, -0.15) is 10.2 Å². The van der Waals surface area contributed by atoms with Crippen molar-refractivity contribution >= 4 is 0 Å². The third-order valence-corrected chi connectivity index (χ3v) is 6.17. The molecule has 0 N–H and O–H groups in total. The molecule has 0 unspecified atom stereocenters. The molecule has 3 heteroatoms. The Hall–Kier alpha value is -1.90. The van der Waals surface area contributed by atoms with Crippen LogP contribution in [0, 0.1) is 0 Å². The van der Waals surface area contributed by atoms with Crippen molar-refractivity contribution in [3.63, 3.8) is 0 Å². The number of nitrogens with zero attached hydrogens (tertiary/aromatic N) is 2. The van der Waals surface area contributed by atoms with Crippen molar-refractivity contribution in [2.24, 2.45) is 0 Å². The van der Waals surface area contributed by atoms with E-state index in [0.717, 1.165) is 42.1 Å². The molecule has 0 saturated heterocycles. The van der Waals surface area contributed by atoms with E-state index in [1.54, 1.807) is 0 Å². The third-order valence-electron chi connectivity index (χ3n) is 6.17. The van der Waals surface area contributed by atoms with Crippen molar-refractivity contribution < 1.29 is 4.74 Å². The summed E-state index contributed by atoms with van der Waals surface area (Å²) in [5.74, 6) is 0.945. The molecule has 32 heavy (non-hydrogen) atoms. The molecule has 1 aromatic heterocycles. The lowest BCUT2D eigenvalue weighted by Gasteiger charge is -2.08. The molecule has 0 atom stereocenters. The van der Waals surface area contributed by atoms with Crippen LogP contribution in [0.3, 0.4) is 0 Å². The minimum Gasteiger partial charge on any atom is -0.494 e. The quantitative estimate of drug-likeness (QED) is 0.205. The zero-order chi connectivity index (χ0) is 22.7. The highest BCUT2D eigenvalue weighted by Crippen LogP contribution is 2.21.